The maximum Gasteiger partial charge on any atom is 0.230 e. The second-order valence-corrected chi connectivity index (χ2v) is 7.61. The van der Waals surface area contributed by atoms with Crippen molar-refractivity contribution in [2.45, 2.75) is 0 Å². The molecule has 0 fully saturated rings. The van der Waals surface area contributed by atoms with Crippen LogP contribution in [-0.4, -0.2) is 5.52 Å². The highest BCUT2D eigenvalue weighted by Crippen LogP contribution is 2.46. The van der Waals surface area contributed by atoms with Gasteiger partial charge in [0, 0.05) is 16.2 Å². The fourth-order valence-corrected chi connectivity index (χ4v) is 4.89. The first-order valence-electron chi connectivity index (χ1n) is 7.04. The number of carbonyl (C=O) groups excluding carboxylic acids is 1. The molecular formula is C19H15O2P. The summed E-state index contributed by atoms with van der Waals surface area (Å²) in [6.45, 7) is 0. The molecule has 0 N–H and O–H groups in total. The lowest BCUT2D eigenvalue weighted by atomic mass is 10.2. The molecule has 0 aliphatic rings. The molecule has 3 aromatic carbocycles. The number of benzene rings is 3. The Morgan fingerprint density at radius 2 is 0.955 bits per heavy atom. The summed E-state index contributed by atoms with van der Waals surface area (Å²) in [5, 5.41) is 1.13. The molecule has 3 heteroatoms. The molecule has 0 spiro atoms. The molecule has 3 aromatic rings. The predicted octanol–water partition coefficient (Wildman–Crippen LogP) is 3.84. The van der Waals surface area contributed by atoms with Crippen molar-refractivity contribution >= 4 is 23.3 Å². The van der Waals surface area contributed by atoms with Gasteiger partial charge in [-0.1, -0.05) is 91.0 Å². The molecule has 0 heterocycles. The van der Waals surface area contributed by atoms with Gasteiger partial charge in [0.15, 0.2) is 0 Å². The molecule has 0 aliphatic carbocycles. The molecule has 0 unspecified atom stereocenters. The second-order valence-electron chi connectivity index (χ2n) is 4.95. The minimum absolute atomic E-state index is 0.328. The molecule has 0 saturated heterocycles. The largest absolute Gasteiger partial charge is 0.305 e. The number of carbonyl (C=O) groups is 1. The van der Waals surface area contributed by atoms with E-state index in [1.807, 2.05) is 42.5 Å². The van der Waals surface area contributed by atoms with Crippen LogP contribution >= 0.6 is 7.14 Å². The lowest BCUT2D eigenvalue weighted by Gasteiger charge is -2.18. The molecule has 3 rings (SSSR count). The van der Waals surface area contributed by atoms with Gasteiger partial charge in [-0.05, 0) is 0 Å². The van der Waals surface area contributed by atoms with Gasteiger partial charge >= 0.3 is 0 Å². The Balaban J connectivity index is 2.21. The Bertz CT molecular complexity index is 768. The van der Waals surface area contributed by atoms with E-state index in [0.29, 0.717) is 16.2 Å². The Morgan fingerprint density at radius 1 is 0.591 bits per heavy atom. The molecule has 0 amide bonds. The molecule has 0 atom stereocenters. The van der Waals surface area contributed by atoms with Gasteiger partial charge in [-0.3, -0.25) is 4.79 Å². The quantitative estimate of drug-likeness (QED) is 0.686. The Hall–Kier alpha value is -2.44. The van der Waals surface area contributed by atoms with Gasteiger partial charge in [0.05, 0.1) is 0 Å². The minimum atomic E-state index is -3.38. The van der Waals surface area contributed by atoms with Crippen LogP contribution in [-0.2, 0) is 4.57 Å². The highest BCUT2D eigenvalue weighted by molar-refractivity contribution is 7.93. The van der Waals surface area contributed by atoms with E-state index >= 15 is 0 Å². The Kier molecular flexibility index (Phi) is 4.04. The van der Waals surface area contributed by atoms with Gasteiger partial charge < -0.3 is 4.57 Å². The van der Waals surface area contributed by atoms with E-state index in [2.05, 4.69) is 0 Å². The highest BCUT2D eigenvalue weighted by atomic mass is 31.2. The number of hydrogen-bond acceptors (Lipinski definition) is 2. The van der Waals surface area contributed by atoms with Crippen LogP contribution in [0.3, 0.4) is 0 Å². The second kappa shape index (κ2) is 6.13. The molecule has 0 aliphatic heterocycles. The third-order valence-electron chi connectivity index (χ3n) is 3.55. The third kappa shape index (κ3) is 2.54. The van der Waals surface area contributed by atoms with Crippen molar-refractivity contribution in [3.63, 3.8) is 0 Å². The highest BCUT2D eigenvalue weighted by Gasteiger charge is 2.36. The summed E-state index contributed by atoms with van der Waals surface area (Å²) in [6.07, 6.45) is 0. The average molecular weight is 306 g/mol. The maximum absolute atomic E-state index is 13.8. The number of hydrogen-bond donors (Lipinski definition) is 0. The van der Waals surface area contributed by atoms with Crippen molar-refractivity contribution in [3.8, 4) is 0 Å². The van der Waals surface area contributed by atoms with Gasteiger partial charge in [-0.2, -0.15) is 0 Å². The molecule has 0 aromatic heterocycles. The van der Waals surface area contributed by atoms with E-state index in [9.17, 15) is 9.36 Å². The zero-order valence-electron chi connectivity index (χ0n) is 11.9. The molecule has 0 bridgehead atoms. The normalized spacial score (nSPS) is 11.1. The fourth-order valence-electron chi connectivity index (χ4n) is 2.42. The smallest absolute Gasteiger partial charge is 0.230 e. The molecule has 2 nitrogen and oxygen atoms in total. The van der Waals surface area contributed by atoms with Crippen molar-refractivity contribution < 1.29 is 9.36 Å². The summed E-state index contributed by atoms with van der Waals surface area (Å²) in [5.74, 6) is 0. The summed E-state index contributed by atoms with van der Waals surface area (Å²) >= 11 is 0. The van der Waals surface area contributed by atoms with E-state index in [4.69, 9.17) is 0 Å². The van der Waals surface area contributed by atoms with E-state index in [-0.39, 0.29) is 5.52 Å². The van der Waals surface area contributed by atoms with Crippen molar-refractivity contribution in [3.05, 3.63) is 96.6 Å². The van der Waals surface area contributed by atoms with Crippen molar-refractivity contribution in [1.29, 1.82) is 0 Å². The first kappa shape index (κ1) is 14.5. The maximum atomic E-state index is 13.8. The molecule has 0 radical (unpaired) electrons. The SMILES string of the molecule is O=C(c1ccccc1)P(=O)(c1ccccc1)c1ccccc1. The summed E-state index contributed by atoms with van der Waals surface area (Å²) in [7, 11) is -3.38. The topological polar surface area (TPSA) is 34.1 Å². The summed E-state index contributed by atoms with van der Waals surface area (Å²) in [6, 6.07) is 26.8. The Morgan fingerprint density at radius 3 is 1.36 bits per heavy atom. The Labute approximate surface area is 129 Å². The predicted molar refractivity (Wildman–Crippen MR) is 90.5 cm³/mol. The average Bonchev–Trinajstić information content (AvgIpc) is 2.62. The van der Waals surface area contributed by atoms with E-state index in [1.165, 1.54) is 0 Å². The van der Waals surface area contributed by atoms with Crippen molar-refractivity contribution in [2.75, 3.05) is 0 Å². The standard InChI is InChI=1S/C19H15O2P/c20-19(16-10-4-1-5-11-16)22(21,17-12-6-2-7-13-17)18-14-8-3-9-15-18/h1-15H. The summed E-state index contributed by atoms with van der Waals surface area (Å²) in [4.78, 5) is 13.0. The lowest BCUT2D eigenvalue weighted by molar-refractivity contribution is 0.107. The zero-order valence-corrected chi connectivity index (χ0v) is 12.8. The summed E-state index contributed by atoms with van der Waals surface area (Å²) < 4.78 is 13.8. The first-order chi connectivity index (χ1) is 10.7. The van der Waals surface area contributed by atoms with Gasteiger partial charge in [-0.15, -0.1) is 0 Å². The minimum Gasteiger partial charge on any atom is -0.305 e. The molecule has 22 heavy (non-hydrogen) atoms. The third-order valence-corrected chi connectivity index (χ3v) is 6.43. The van der Waals surface area contributed by atoms with Crippen LogP contribution in [0.2, 0.25) is 0 Å². The fraction of sp³-hybridized carbons (Fsp3) is 0. The number of rotatable bonds is 4. The van der Waals surface area contributed by atoms with Gasteiger partial charge in [0.25, 0.3) is 0 Å². The zero-order chi connectivity index (χ0) is 15.4. The van der Waals surface area contributed by atoms with Crippen LogP contribution < -0.4 is 10.6 Å². The van der Waals surface area contributed by atoms with E-state index < -0.39 is 7.14 Å². The lowest BCUT2D eigenvalue weighted by Crippen LogP contribution is -2.22. The van der Waals surface area contributed by atoms with Crippen LogP contribution in [0.4, 0.5) is 0 Å². The van der Waals surface area contributed by atoms with Crippen LogP contribution in [0.25, 0.3) is 0 Å². The van der Waals surface area contributed by atoms with Gasteiger partial charge in [0.2, 0.25) is 12.7 Å². The molecular weight excluding hydrogens is 291 g/mol. The van der Waals surface area contributed by atoms with Gasteiger partial charge in [0.1, 0.15) is 0 Å². The van der Waals surface area contributed by atoms with Gasteiger partial charge in [-0.25, -0.2) is 0 Å². The summed E-state index contributed by atoms with van der Waals surface area (Å²) in [5.41, 5.74) is 0.143. The van der Waals surface area contributed by atoms with E-state index in [0.717, 1.165) is 0 Å². The van der Waals surface area contributed by atoms with Crippen LogP contribution in [0.5, 0.6) is 0 Å². The van der Waals surface area contributed by atoms with Crippen molar-refractivity contribution in [1.82, 2.24) is 0 Å². The van der Waals surface area contributed by atoms with Crippen molar-refractivity contribution in [2.24, 2.45) is 0 Å². The molecule has 0 saturated carbocycles. The molecule has 108 valence electrons. The van der Waals surface area contributed by atoms with Crippen LogP contribution in [0.1, 0.15) is 10.4 Å². The van der Waals surface area contributed by atoms with Crippen LogP contribution in [0.15, 0.2) is 91.0 Å². The van der Waals surface area contributed by atoms with E-state index in [1.54, 1.807) is 48.5 Å². The first-order valence-corrected chi connectivity index (χ1v) is 8.75. The monoisotopic (exact) mass is 306 g/mol. The van der Waals surface area contributed by atoms with Crippen LogP contribution in [0, 0.1) is 0 Å².